The highest BCUT2D eigenvalue weighted by Gasteiger charge is 2.12. The fourth-order valence-electron chi connectivity index (χ4n) is 2.21. The van der Waals surface area contributed by atoms with Crippen molar-refractivity contribution in [3.63, 3.8) is 0 Å². The van der Waals surface area contributed by atoms with E-state index in [4.69, 9.17) is 10.2 Å². The molecule has 0 spiro atoms. The zero-order valence-electron chi connectivity index (χ0n) is 11.9. The molecule has 0 aliphatic heterocycles. The molecule has 3 rings (SSSR count). The molecule has 0 saturated carbocycles. The summed E-state index contributed by atoms with van der Waals surface area (Å²) >= 11 is 0. The van der Waals surface area contributed by atoms with Crippen LogP contribution in [0.3, 0.4) is 0 Å². The average Bonchev–Trinajstić information content (AvgIpc) is 3.11. The molecule has 0 unspecified atom stereocenters. The number of nitrogens with zero attached hydrogens (tertiary/aromatic N) is 4. The molecule has 2 N–H and O–H groups in total. The Kier molecular flexibility index (Phi) is 3.68. The van der Waals surface area contributed by atoms with Crippen LogP contribution >= 0.6 is 0 Å². The second-order valence-corrected chi connectivity index (χ2v) is 4.84. The van der Waals surface area contributed by atoms with Crippen molar-refractivity contribution in [2.24, 2.45) is 0 Å². The minimum absolute atomic E-state index is 0.489. The SMILES string of the molecule is CCCc1c(N)nnn1Cc1coc(-c2ccccc2)n1. The summed E-state index contributed by atoms with van der Waals surface area (Å²) in [4.78, 5) is 4.49. The van der Waals surface area contributed by atoms with Gasteiger partial charge >= 0.3 is 0 Å². The number of benzene rings is 1. The molecule has 108 valence electrons. The van der Waals surface area contributed by atoms with E-state index in [2.05, 4.69) is 22.2 Å². The quantitative estimate of drug-likeness (QED) is 0.778. The zero-order valence-corrected chi connectivity index (χ0v) is 11.9. The molecule has 6 nitrogen and oxygen atoms in total. The molecule has 3 aromatic rings. The third kappa shape index (κ3) is 2.79. The van der Waals surface area contributed by atoms with Crippen molar-refractivity contribution in [2.45, 2.75) is 26.3 Å². The number of nitrogens with two attached hydrogens (primary N) is 1. The summed E-state index contributed by atoms with van der Waals surface area (Å²) in [6.45, 7) is 2.61. The van der Waals surface area contributed by atoms with Gasteiger partial charge in [-0.1, -0.05) is 36.8 Å². The molecule has 0 aliphatic carbocycles. The molecular weight excluding hydrogens is 266 g/mol. The topological polar surface area (TPSA) is 82.8 Å². The summed E-state index contributed by atoms with van der Waals surface area (Å²) in [5, 5.41) is 8.00. The Labute approximate surface area is 122 Å². The molecule has 0 aliphatic rings. The van der Waals surface area contributed by atoms with Crippen LogP contribution in [0.2, 0.25) is 0 Å². The molecule has 0 bridgehead atoms. The van der Waals surface area contributed by atoms with Crippen molar-refractivity contribution in [2.75, 3.05) is 5.73 Å². The lowest BCUT2D eigenvalue weighted by molar-refractivity contribution is 0.565. The van der Waals surface area contributed by atoms with Crippen LogP contribution in [0.5, 0.6) is 0 Å². The van der Waals surface area contributed by atoms with Crippen molar-refractivity contribution in [1.82, 2.24) is 20.0 Å². The Morgan fingerprint density at radius 3 is 2.81 bits per heavy atom. The van der Waals surface area contributed by atoms with Gasteiger partial charge in [0.05, 0.1) is 12.2 Å². The predicted molar refractivity (Wildman–Crippen MR) is 79.5 cm³/mol. The third-order valence-electron chi connectivity index (χ3n) is 3.24. The van der Waals surface area contributed by atoms with Crippen LogP contribution in [0.4, 0.5) is 5.82 Å². The lowest BCUT2D eigenvalue weighted by atomic mass is 10.2. The smallest absolute Gasteiger partial charge is 0.226 e. The molecule has 1 aromatic carbocycles. The monoisotopic (exact) mass is 283 g/mol. The van der Waals surface area contributed by atoms with Crippen molar-refractivity contribution in [3.8, 4) is 11.5 Å². The van der Waals surface area contributed by atoms with E-state index in [9.17, 15) is 0 Å². The van der Waals surface area contributed by atoms with Crippen LogP contribution in [0, 0.1) is 0 Å². The van der Waals surface area contributed by atoms with Gasteiger partial charge in [-0.05, 0) is 18.6 Å². The van der Waals surface area contributed by atoms with Crippen LogP contribution in [0.1, 0.15) is 24.7 Å². The van der Waals surface area contributed by atoms with Crippen LogP contribution in [0.25, 0.3) is 11.5 Å². The van der Waals surface area contributed by atoms with Gasteiger partial charge in [0.2, 0.25) is 5.89 Å². The van der Waals surface area contributed by atoms with Gasteiger partial charge in [0, 0.05) is 5.56 Å². The summed E-state index contributed by atoms with van der Waals surface area (Å²) in [6.07, 6.45) is 3.49. The van der Waals surface area contributed by atoms with E-state index in [1.54, 1.807) is 10.9 Å². The minimum atomic E-state index is 0.489. The first-order valence-corrected chi connectivity index (χ1v) is 6.95. The van der Waals surface area contributed by atoms with Gasteiger partial charge in [-0.15, -0.1) is 5.10 Å². The fourth-order valence-corrected chi connectivity index (χ4v) is 2.21. The fraction of sp³-hybridized carbons (Fsp3) is 0.267. The van der Waals surface area contributed by atoms with Gasteiger partial charge in [0.25, 0.3) is 0 Å². The lowest BCUT2D eigenvalue weighted by Gasteiger charge is -2.03. The zero-order chi connectivity index (χ0) is 14.7. The Balaban J connectivity index is 1.82. The maximum Gasteiger partial charge on any atom is 0.226 e. The second-order valence-electron chi connectivity index (χ2n) is 4.84. The van der Waals surface area contributed by atoms with Gasteiger partial charge in [0.15, 0.2) is 5.82 Å². The highest BCUT2D eigenvalue weighted by Crippen LogP contribution is 2.19. The van der Waals surface area contributed by atoms with Gasteiger partial charge < -0.3 is 10.2 Å². The standard InChI is InChI=1S/C15H17N5O/c1-2-6-13-14(16)18-19-20(13)9-12-10-21-15(17-12)11-7-4-3-5-8-11/h3-5,7-8,10H,2,6,9,16H2,1H3. The molecule has 0 saturated heterocycles. The molecule has 0 amide bonds. The van der Waals surface area contributed by atoms with Crippen molar-refractivity contribution in [1.29, 1.82) is 0 Å². The van der Waals surface area contributed by atoms with Gasteiger partial charge in [-0.3, -0.25) is 0 Å². The first kappa shape index (κ1) is 13.4. The van der Waals surface area contributed by atoms with E-state index in [-0.39, 0.29) is 0 Å². The van der Waals surface area contributed by atoms with E-state index in [1.807, 2.05) is 30.3 Å². The number of anilines is 1. The number of hydrogen-bond acceptors (Lipinski definition) is 5. The second kappa shape index (κ2) is 5.78. The van der Waals surface area contributed by atoms with Gasteiger partial charge in [-0.25, -0.2) is 9.67 Å². The Hall–Kier alpha value is -2.63. The first-order valence-electron chi connectivity index (χ1n) is 6.95. The number of oxazole rings is 1. The average molecular weight is 283 g/mol. The summed E-state index contributed by atoms with van der Waals surface area (Å²) in [7, 11) is 0. The maximum absolute atomic E-state index is 5.84. The maximum atomic E-state index is 5.84. The lowest BCUT2D eigenvalue weighted by Crippen LogP contribution is -2.07. The number of rotatable bonds is 5. The first-order chi connectivity index (χ1) is 10.3. The minimum Gasteiger partial charge on any atom is -0.444 e. The summed E-state index contributed by atoms with van der Waals surface area (Å²) < 4.78 is 7.31. The summed E-state index contributed by atoms with van der Waals surface area (Å²) in [6, 6.07) is 9.80. The molecule has 0 fully saturated rings. The van der Waals surface area contributed by atoms with Gasteiger partial charge in [-0.2, -0.15) is 0 Å². The molecule has 0 atom stereocenters. The highest BCUT2D eigenvalue weighted by molar-refractivity contribution is 5.52. The van der Waals surface area contributed by atoms with Crippen molar-refractivity contribution < 1.29 is 4.42 Å². The number of hydrogen-bond donors (Lipinski definition) is 1. The summed E-state index contributed by atoms with van der Waals surface area (Å²) in [5.41, 5.74) is 8.54. The van der Waals surface area contributed by atoms with E-state index >= 15 is 0 Å². The molecular formula is C15H17N5O. The Morgan fingerprint density at radius 1 is 1.24 bits per heavy atom. The molecule has 2 aromatic heterocycles. The van der Waals surface area contributed by atoms with E-state index in [0.717, 1.165) is 29.8 Å². The van der Waals surface area contributed by atoms with Crippen LogP contribution in [-0.4, -0.2) is 20.0 Å². The van der Waals surface area contributed by atoms with Crippen molar-refractivity contribution >= 4 is 5.82 Å². The van der Waals surface area contributed by atoms with E-state index in [1.165, 1.54) is 0 Å². The number of nitrogen functional groups attached to an aromatic ring is 1. The van der Waals surface area contributed by atoms with Crippen molar-refractivity contribution in [3.05, 3.63) is 48.0 Å². The predicted octanol–water partition coefficient (Wildman–Crippen LogP) is 2.52. The number of aromatic nitrogens is 4. The Morgan fingerprint density at radius 2 is 2.05 bits per heavy atom. The molecule has 2 heterocycles. The van der Waals surface area contributed by atoms with Crippen LogP contribution < -0.4 is 5.73 Å². The van der Waals surface area contributed by atoms with E-state index < -0.39 is 0 Å². The van der Waals surface area contributed by atoms with Crippen LogP contribution in [-0.2, 0) is 13.0 Å². The normalized spacial score (nSPS) is 10.9. The summed E-state index contributed by atoms with van der Waals surface area (Å²) in [5.74, 6) is 1.10. The Bertz CT molecular complexity index is 717. The van der Waals surface area contributed by atoms with E-state index in [0.29, 0.717) is 18.3 Å². The molecule has 6 heteroatoms. The highest BCUT2D eigenvalue weighted by atomic mass is 16.3. The molecule has 21 heavy (non-hydrogen) atoms. The largest absolute Gasteiger partial charge is 0.444 e. The third-order valence-corrected chi connectivity index (χ3v) is 3.24. The van der Waals surface area contributed by atoms with Crippen LogP contribution in [0.15, 0.2) is 41.0 Å². The molecule has 0 radical (unpaired) electrons. The van der Waals surface area contributed by atoms with Gasteiger partial charge in [0.1, 0.15) is 12.0 Å².